The molecule has 0 unspecified atom stereocenters. The number of benzene rings is 1. The van der Waals surface area contributed by atoms with E-state index in [1.165, 1.54) is 5.56 Å². The monoisotopic (exact) mass is 238 g/mol. The van der Waals surface area contributed by atoms with Gasteiger partial charge in [-0.3, -0.25) is 0 Å². The summed E-state index contributed by atoms with van der Waals surface area (Å²) in [6.07, 6.45) is 1.04. The highest BCUT2D eigenvalue weighted by molar-refractivity contribution is 7.80. The zero-order valence-corrected chi connectivity index (χ0v) is 9.83. The maximum atomic E-state index is 5.40. The Morgan fingerprint density at radius 2 is 2.00 bits per heavy atom. The molecule has 4 heteroatoms. The van der Waals surface area contributed by atoms with E-state index >= 15 is 0 Å². The van der Waals surface area contributed by atoms with Gasteiger partial charge in [-0.2, -0.15) is 12.6 Å². The summed E-state index contributed by atoms with van der Waals surface area (Å²) in [6.45, 7) is 1.90. The summed E-state index contributed by atoms with van der Waals surface area (Å²) in [5, 5.41) is 0. The molecule has 1 aromatic carbocycles. The highest BCUT2D eigenvalue weighted by atomic mass is 32.1. The smallest absolute Gasteiger partial charge is 0.231 e. The first-order valence-corrected chi connectivity index (χ1v) is 6.06. The fourth-order valence-corrected chi connectivity index (χ4v) is 2.67. The van der Waals surface area contributed by atoms with Gasteiger partial charge in [-0.15, -0.1) is 0 Å². The standard InChI is InChI=1S/C12H14O3S/c16-4-3-12(6-13-7-12)9-1-2-10-11(5-9)15-8-14-10/h1-2,5,16H,3-4,6-8H2. The molecule has 0 spiro atoms. The van der Waals surface area contributed by atoms with Crippen LogP contribution in [0.2, 0.25) is 0 Å². The maximum absolute atomic E-state index is 5.40. The third-order valence-corrected chi connectivity index (χ3v) is 3.56. The van der Waals surface area contributed by atoms with Crippen LogP contribution in [-0.2, 0) is 10.2 Å². The molecule has 0 atom stereocenters. The molecule has 2 aliphatic heterocycles. The van der Waals surface area contributed by atoms with Crippen LogP contribution in [0.15, 0.2) is 18.2 Å². The van der Waals surface area contributed by atoms with Crippen LogP contribution >= 0.6 is 12.6 Å². The first-order chi connectivity index (χ1) is 7.84. The molecule has 1 aromatic rings. The molecule has 86 valence electrons. The first kappa shape index (κ1) is 10.3. The zero-order valence-electron chi connectivity index (χ0n) is 8.94. The average Bonchev–Trinajstić information content (AvgIpc) is 2.70. The molecule has 0 amide bonds. The van der Waals surface area contributed by atoms with E-state index in [0.717, 1.165) is 36.9 Å². The molecule has 2 heterocycles. The van der Waals surface area contributed by atoms with E-state index in [-0.39, 0.29) is 5.41 Å². The fourth-order valence-electron chi connectivity index (χ4n) is 2.24. The predicted octanol–water partition coefficient (Wildman–Crippen LogP) is 2.00. The van der Waals surface area contributed by atoms with Crippen LogP contribution < -0.4 is 9.47 Å². The van der Waals surface area contributed by atoms with E-state index in [9.17, 15) is 0 Å². The van der Waals surface area contributed by atoms with Crippen LogP contribution in [0.3, 0.4) is 0 Å². The van der Waals surface area contributed by atoms with E-state index in [1.54, 1.807) is 0 Å². The molecule has 0 radical (unpaired) electrons. The van der Waals surface area contributed by atoms with Crippen molar-refractivity contribution in [2.24, 2.45) is 0 Å². The van der Waals surface area contributed by atoms with Gasteiger partial charge in [0.15, 0.2) is 11.5 Å². The van der Waals surface area contributed by atoms with Crippen molar-refractivity contribution in [1.29, 1.82) is 0 Å². The van der Waals surface area contributed by atoms with Gasteiger partial charge in [0.05, 0.1) is 13.2 Å². The van der Waals surface area contributed by atoms with Crippen molar-refractivity contribution in [1.82, 2.24) is 0 Å². The highest BCUT2D eigenvalue weighted by Crippen LogP contribution is 2.41. The number of hydrogen-bond acceptors (Lipinski definition) is 4. The molecule has 0 aliphatic carbocycles. The highest BCUT2D eigenvalue weighted by Gasteiger charge is 2.40. The summed E-state index contributed by atoms with van der Waals surface area (Å²) < 4.78 is 16.1. The quantitative estimate of drug-likeness (QED) is 0.816. The number of rotatable bonds is 3. The van der Waals surface area contributed by atoms with Gasteiger partial charge in [0.25, 0.3) is 0 Å². The first-order valence-electron chi connectivity index (χ1n) is 5.43. The summed E-state index contributed by atoms with van der Waals surface area (Å²) >= 11 is 4.32. The summed E-state index contributed by atoms with van der Waals surface area (Å²) in [4.78, 5) is 0. The van der Waals surface area contributed by atoms with E-state index < -0.39 is 0 Å². The molecule has 0 aromatic heterocycles. The minimum atomic E-state index is 0.142. The van der Waals surface area contributed by atoms with Crippen molar-refractivity contribution >= 4 is 12.6 Å². The molecule has 3 rings (SSSR count). The molecule has 16 heavy (non-hydrogen) atoms. The molecule has 1 saturated heterocycles. The van der Waals surface area contributed by atoms with E-state index in [1.807, 2.05) is 6.07 Å². The van der Waals surface area contributed by atoms with Gasteiger partial charge in [0, 0.05) is 5.41 Å². The Kier molecular flexibility index (Phi) is 2.48. The van der Waals surface area contributed by atoms with Gasteiger partial charge in [-0.05, 0) is 29.9 Å². The van der Waals surface area contributed by atoms with Crippen molar-refractivity contribution in [2.45, 2.75) is 11.8 Å². The lowest BCUT2D eigenvalue weighted by atomic mass is 9.76. The summed E-state index contributed by atoms with van der Waals surface area (Å²) in [5.74, 6) is 2.56. The molecule has 0 saturated carbocycles. The Labute approximate surface area is 100 Å². The lowest BCUT2D eigenvalue weighted by Gasteiger charge is -2.42. The van der Waals surface area contributed by atoms with Crippen molar-refractivity contribution in [3.63, 3.8) is 0 Å². The topological polar surface area (TPSA) is 27.7 Å². The van der Waals surface area contributed by atoms with Crippen molar-refractivity contribution < 1.29 is 14.2 Å². The molecule has 2 aliphatic rings. The number of thiol groups is 1. The molecule has 3 nitrogen and oxygen atoms in total. The summed E-state index contributed by atoms with van der Waals surface area (Å²) in [7, 11) is 0. The van der Waals surface area contributed by atoms with Crippen LogP contribution in [0.4, 0.5) is 0 Å². The number of ether oxygens (including phenoxy) is 3. The number of fused-ring (bicyclic) bond motifs is 1. The van der Waals surface area contributed by atoms with Crippen molar-refractivity contribution in [2.75, 3.05) is 25.8 Å². The zero-order chi connectivity index (χ0) is 11.0. The molecular formula is C12H14O3S. The second-order valence-corrected chi connectivity index (χ2v) is 4.76. The van der Waals surface area contributed by atoms with E-state index in [2.05, 4.69) is 24.8 Å². The summed E-state index contributed by atoms with van der Waals surface area (Å²) in [5.41, 5.74) is 1.42. The Bertz CT molecular complexity index is 401. The van der Waals surface area contributed by atoms with Crippen molar-refractivity contribution in [3.8, 4) is 11.5 Å². The lowest BCUT2D eigenvalue weighted by molar-refractivity contribution is -0.0614. The minimum absolute atomic E-state index is 0.142. The maximum Gasteiger partial charge on any atom is 0.231 e. The molecule has 1 fully saturated rings. The number of hydrogen-bond donors (Lipinski definition) is 1. The van der Waals surface area contributed by atoms with Crippen LogP contribution in [0.5, 0.6) is 11.5 Å². The largest absolute Gasteiger partial charge is 0.454 e. The minimum Gasteiger partial charge on any atom is -0.454 e. The second-order valence-electron chi connectivity index (χ2n) is 4.31. The fraction of sp³-hybridized carbons (Fsp3) is 0.500. The Morgan fingerprint density at radius 3 is 2.69 bits per heavy atom. The predicted molar refractivity (Wildman–Crippen MR) is 63.5 cm³/mol. The second kappa shape index (κ2) is 3.86. The third kappa shape index (κ3) is 1.48. The van der Waals surface area contributed by atoms with Gasteiger partial charge in [-0.1, -0.05) is 6.07 Å². The van der Waals surface area contributed by atoms with Crippen LogP contribution in [0.1, 0.15) is 12.0 Å². The van der Waals surface area contributed by atoms with Gasteiger partial charge < -0.3 is 14.2 Å². The van der Waals surface area contributed by atoms with Crippen molar-refractivity contribution in [3.05, 3.63) is 23.8 Å². The lowest BCUT2D eigenvalue weighted by Crippen LogP contribution is -2.47. The third-order valence-electron chi connectivity index (χ3n) is 3.33. The Hall–Kier alpha value is -0.870. The van der Waals surface area contributed by atoms with Gasteiger partial charge in [-0.25, -0.2) is 0 Å². The van der Waals surface area contributed by atoms with E-state index in [4.69, 9.17) is 14.2 Å². The van der Waals surface area contributed by atoms with E-state index in [0.29, 0.717) is 6.79 Å². The molecule has 0 N–H and O–H groups in total. The molecule has 0 bridgehead atoms. The van der Waals surface area contributed by atoms with Crippen LogP contribution in [-0.4, -0.2) is 25.8 Å². The molecular weight excluding hydrogens is 224 g/mol. The van der Waals surface area contributed by atoms with Crippen LogP contribution in [0, 0.1) is 0 Å². The SMILES string of the molecule is SCCC1(c2ccc3c(c2)OCO3)COC1. The van der Waals surface area contributed by atoms with Gasteiger partial charge >= 0.3 is 0 Å². The van der Waals surface area contributed by atoms with Gasteiger partial charge in [0.1, 0.15) is 0 Å². The van der Waals surface area contributed by atoms with Crippen LogP contribution in [0.25, 0.3) is 0 Å². The van der Waals surface area contributed by atoms with Gasteiger partial charge in [0.2, 0.25) is 6.79 Å². The normalized spacial score (nSPS) is 20.6. The Morgan fingerprint density at radius 1 is 1.19 bits per heavy atom. The summed E-state index contributed by atoms with van der Waals surface area (Å²) in [6, 6.07) is 6.17. The Balaban J connectivity index is 1.93. The average molecular weight is 238 g/mol.